The molecule has 0 aliphatic rings. The molecule has 98 valence electrons. The Hall–Kier alpha value is -0.890. The predicted octanol–water partition coefficient (Wildman–Crippen LogP) is 2.40. The Morgan fingerprint density at radius 3 is 2.29 bits per heavy atom. The summed E-state index contributed by atoms with van der Waals surface area (Å²) in [5.74, 6) is -1.21. The highest BCUT2D eigenvalue weighted by Gasteiger charge is 2.40. The summed E-state index contributed by atoms with van der Waals surface area (Å²) >= 11 is 0. The van der Waals surface area contributed by atoms with Gasteiger partial charge in [-0.05, 0) is 26.7 Å². The fraction of sp³-hybridized carbons (Fsp3) is 0.800. The number of aliphatic carboxylic acids is 1. The second-order valence-electron chi connectivity index (χ2n) is 3.28. The highest BCUT2D eigenvalue weighted by atomic mass is 31.2. The van der Waals surface area contributed by atoms with Gasteiger partial charge in [0.15, 0.2) is 5.66 Å². The van der Waals surface area contributed by atoms with Gasteiger partial charge in [0.05, 0.1) is 19.3 Å². The van der Waals surface area contributed by atoms with E-state index in [1.54, 1.807) is 13.8 Å². The number of carbonyl (C=O) groups is 1. The van der Waals surface area contributed by atoms with Gasteiger partial charge in [-0.25, -0.2) is 0 Å². The molecule has 0 saturated carbocycles. The summed E-state index contributed by atoms with van der Waals surface area (Å²) in [7, 11) is -3.63. The Balaban J connectivity index is 4.78. The van der Waals surface area contributed by atoms with Gasteiger partial charge < -0.3 is 14.2 Å². The lowest BCUT2D eigenvalue weighted by Gasteiger charge is -2.22. The van der Waals surface area contributed by atoms with Crippen molar-refractivity contribution in [1.82, 2.24) is 0 Å². The number of carboxylic acid groups (broad SMARTS) is 1. The molecule has 1 unspecified atom stereocenters. The molecular formula is C10H18NO5P. The normalized spacial score (nSPS) is 13.0. The van der Waals surface area contributed by atoms with Crippen LogP contribution in [-0.2, 0) is 18.4 Å². The van der Waals surface area contributed by atoms with E-state index in [1.807, 2.05) is 6.07 Å². The van der Waals surface area contributed by atoms with E-state index < -0.39 is 19.2 Å². The Morgan fingerprint density at radius 1 is 1.41 bits per heavy atom. The van der Waals surface area contributed by atoms with Crippen LogP contribution >= 0.6 is 7.60 Å². The van der Waals surface area contributed by atoms with E-state index >= 15 is 0 Å². The SMILES string of the molecule is CCOP(=O)(OCC)C(CCCC#N)C(=O)O. The Labute approximate surface area is 101 Å². The zero-order valence-corrected chi connectivity index (χ0v) is 11.0. The minimum Gasteiger partial charge on any atom is -0.481 e. The zero-order chi connectivity index (χ0) is 13.3. The third kappa shape index (κ3) is 5.31. The fourth-order valence-electron chi connectivity index (χ4n) is 1.37. The summed E-state index contributed by atoms with van der Waals surface area (Å²) in [4.78, 5) is 11.1. The number of unbranched alkanes of at least 4 members (excludes halogenated alkanes) is 1. The molecule has 0 amide bonds. The molecule has 0 heterocycles. The fourth-order valence-corrected chi connectivity index (χ4v) is 3.29. The van der Waals surface area contributed by atoms with Crippen LogP contribution in [0.25, 0.3) is 0 Å². The summed E-state index contributed by atoms with van der Waals surface area (Å²) in [6, 6.07) is 1.91. The van der Waals surface area contributed by atoms with E-state index in [-0.39, 0.29) is 26.1 Å². The van der Waals surface area contributed by atoms with Gasteiger partial charge in [0.25, 0.3) is 0 Å². The highest BCUT2D eigenvalue weighted by Crippen LogP contribution is 2.54. The van der Waals surface area contributed by atoms with Crippen molar-refractivity contribution in [1.29, 1.82) is 5.26 Å². The van der Waals surface area contributed by atoms with Crippen LogP contribution in [0, 0.1) is 11.3 Å². The first-order valence-corrected chi connectivity index (χ1v) is 7.11. The van der Waals surface area contributed by atoms with Crippen LogP contribution in [-0.4, -0.2) is 29.9 Å². The molecule has 0 aromatic heterocycles. The van der Waals surface area contributed by atoms with E-state index in [0.29, 0.717) is 6.42 Å². The Kier molecular flexibility index (Phi) is 7.81. The lowest BCUT2D eigenvalue weighted by Crippen LogP contribution is -2.23. The van der Waals surface area contributed by atoms with E-state index in [2.05, 4.69) is 0 Å². The molecule has 0 aliphatic heterocycles. The molecule has 0 aromatic carbocycles. The van der Waals surface area contributed by atoms with Crippen LogP contribution in [0.2, 0.25) is 0 Å². The highest BCUT2D eigenvalue weighted by molar-refractivity contribution is 7.55. The maximum atomic E-state index is 12.2. The topological polar surface area (TPSA) is 96.6 Å². The van der Waals surface area contributed by atoms with Crippen molar-refractivity contribution in [2.75, 3.05) is 13.2 Å². The smallest absolute Gasteiger partial charge is 0.344 e. The van der Waals surface area contributed by atoms with Crippen LogP contribution in [0.4, 0.5) is 0 Å². The summed E-state index contributed by atoms with van der Waals surface area (Å²) < 4.78 is 22.2. The van der Waals surface area contributed by atoms with Gasteiger partial charge in [-0.2, -0.15) is 5.26 Å². The van der Waals surface area contributed by atoms with Crippen molar-refractivity contribution in [3.8, 4) is 6.07 Å². The number of nitrogens with zero attached hydrogens (tertiary/aromatic N) is 1. The van der Waals surface area contributed by atoms with Crippen molar-refractivity contribution in [3.05, 3.63) is 0 Å². The lowest BCUT2D eigenvalue weighted by molar-refractivity contribution is -0.137. The second-order valence-corrected chi connectivity index (χ2v) is 5.50. The number of carboxylic acids is 1. The molecule has 0 aromatic rings. The number of nitriles is 1. The standard InChI is InChI=1S/C10H18NO5P/c1-3-15-17(14,16-4-2)9(10(12)13)7-5-6-8-11/h9H,3-7H2,1-2H3,(H,12,13). The van der Waals surface area contributed by atoms with Crippen molar-refractivity contribution in [2.24, 2.45) is 0 Å². The summed E-state index contributed by atoms with van der Waals surface area (Å²) in [6.07, 6.45) is 0.694. The largest absolute Gasteiger partial charge is 0.481 e. The van der Waals surface area contributed by atoms with Crippen LogP contribution in [0.1, 0.15) is 33.1 Å². The maximum absolute atomic E-state index is 12.2. The molecule has 0 bridgehead atoms. The maximum Gasteiger partial charge on any atom is 0.344 e. The molecular weight excluding hydrogens is 245 g/mol. The van der Waals surface area contributed by atoms with Gasteiger partial charge in [-0.3, -0.25) is 9.36 Å². The van der Waals surface area contributed by atoms with Crippen LogP contribution in [0.15, 0.2) is 0 Å². The first-order chi connectivity index (χ1) is 8.01. The van der Waals surface area contributed by atoms with E-state index in [4.69, 9.17) is 19.4 Å². The molecule has 7 heteroatoms. The van der Waals surface area contributed by atoms with Crippen molar-refractivity contribution >= 4 is 13.6 Å². The molecule has 0 rings (SSSR count). The first-order valence-electron chi connectivity index (χ1n) is 5.50. The van der Waals surface area contributed by atoms with Gasteiger partial charge in [0.2, 0.25) is 0 Å². The van der Waals surface area contributed by atoms with Crippen molar-refractivity contribution in [3.63, 3.8) is 0 Å². The monoisotopic (exact) mass is 263 g/mol. The van der Waals surface area contributed by atoms with E-state index in [0.717, 1.165) is 0 Å². The summed E-state index contributed by atoms with van der Waals surface area (Å²) in [6.45, 7) is 3.50. The lowest BCUT2D eigenvalue weighted by atomic mass is 10.2. The molecule has 0 spiro atoms. The van der Waals surface area contributed by atoms with Gasteiger partial charge in [0.1, 0.15) is 0 Å². The van der Waals surface area contributed by atoms with Crippen LogP contribution in [0.3, 0.4) is 0 Å². The molecule has 1 N–H and O–H groups in total. The number of rotatable bonds is 9. The Bertz CT molecular complexity index is 315. The molecule has 0 aliphatic carbocycles. The molecule has 0 saturated heterocycles. The molecule has 0 fully saturated rings. The molecule has 17 heavy (non-hydrogen) atoms. The predicted molar refractivity (Wildman–Crippen MR) is 61.7 cm³/mol. The quantitative estimate of drug-likeness (QED) is 0.506. The molecule has 6 nitrogen and oxygen atoms in total. The molecule has 0 radical (unpaired) electrons. The third-order valence-electron chi connectivity index (χ3n) is 2.05. The minimum atomic E-state index is -3.63. The van der Waals surface area contributed by atoms with E-state index in [9.17, 15) is 9.36 Å². The zero-order valence-electron chi connectivity index (χ0n) is 10.1. The minimum absolute atomic E-state index is 0.111. The third-order valence-corrected chi connectivity index (χ3v) is 4.53. The Morgan fingerprint density at radius 2 is 1.94 bits per heavy atom. The van der Waals surface area contributed by atoms with Gasteiger partial charge in [-0.1, -0.05) is 0 Å². The number of hydrogen-bond donors (Lipinski definition) is 1. The first kappa shape index (κ1) is 16.1. The van der Waals surface area contributed by atoms with Crippen molar-refractivity contribution < 1.29 is 23.5 Å². The van der Waals surface area contributed by atoms with Crippen LogP contribution < -0.4 is 0 Å². The van der Waals surface area contributed by atoms with E-state index in [1.165, 1.54) is 0 Å². The van der Waals surface area contributed by atoms with Crippen molar-refractivity contribution in [2.45, 2.75) is 38.8 Å². The summed E-state index contributed by atoms with van der Waals surface area (Å²) in [5, 5.41) is 17.4. The van der Waals surface area contributed by atoms with Gasteiger partial charge >= 0.3 is 13.6 Å². The molecule has 1 atom stereocenters. The van der Waals surface area contributed by atoms with Gasteiger partial charge in [-0.15, -0.1) is 0 Å². The average Bonchev–Trinajstić information content (AvgIpc) is 2.24. The average molecular weight is 263 g/mol. The van der Waals surface area contributed by atoms with Gasteiger partial charge in [0, 0.05) is 6.42 Å². The van der Waals surface area contributed by atoms with Crippen LogP contribution in [0.5, 0.6) is 0 Å². The number of hydrogen-bond acceptors (Lipinski definition) is 5. The summed E-state index contributed by atoms with van der Waals surface area (Å²) in [5.41, 5.74) is -1.20. The second kappa shape index (κ2) is 8.24.